The molecule has 9 heteroatoms. The lowest BCUT2D eigenvalue weighted by molar-refractivity contribution is -0.123. The largest absolute Gasteiger partial charge is 0.415 e. The van der Waals surface area contributed by atoms with Crippen LogP contribution in [-0.2, 0) is 11.3 Å². The third-order valence-electron chi connectivity index (χ3n) is 5.28. The van der Waals surface area contributed by atoms with Crippen LogP contribution < -0.4 is 10.2 Å². The van der Waals surface area contributed by atoms with Crippen LogP contribution in [0.5, 0.6) is 0 Å². The molecule has 1 aliphatic rings. The van der Waals surface area contributed by atoms with Gasteiger partial charge in [-0.05, 0) is 50.2 Å². The Morgan fingerprint density at radius 3 is 2.52 bits per heavy atom. The van der Waals surface area contributed by atoms with Crippen molar-refractivity contribution in [3.8, 4) is 11.5 Å². The number of nitrogens with one attached hydrogen (secondary N) is 1. The van der Waals surface area contributed by atoms with E-state index in [1.807, 2.05) is 30.3 Å². The van der Waals surface area contributed by atoms with Crippen LogP contribution in [0.25, 0.3) is 11.5 Å². The summed E-state index contributed by atoms with van der Waals surface area (Å²) in [6.07, 6.45) is -1.44. The van der Waals surface area contributed by atoms with Gasteiger partial charge in [0, 0.05) is 22.7 Å². The molecule has 6 nitrogen and oxygen atoms in total. The van der Waals surface area contributed by atoms with Gasteiger partial charge in [-0.1, -0.05) is 24.3 Å². The first-order valence-corrected chi connectivity index (χ1v) is 10.0. The number of hydrogen-bond acceptors (Lipinski definition) is 5. The molecule has 1 amide bonds. The van der Waals surface area contributed by atoms with Crippen LogP contribution in [0, 0.1) is 11.7 Å². The van der Waals surface area contributed by atoms with Gasteiger partial charge in [0.2, 0.25) is 11.8 Å². The third-order valence-corrected chi connectivity index (χ3v) is 5.28. The zero-order valence-electron chi connectivity index (χ0n) is 16.6. The van der Waals surface area contributed by atoms with Crippen LogP contribution in [0.4, 0.5) is 18.9 Å². The van der Waals surface area contributed by atoms with Gasteiger partial charge in [0.15, 0.2) is 0 Å². The molecule has 1 aliphatic heterocycles. The van der Waals surface area contributed by atoms with E-state index in [-0.39, 0.29) is 29.8 Å². The summed E-state index contributed by atoms with van der Waals surface area (Å²) in [6, 6.07) is 13.3. The van der Waals surface area contributed by atoms with Gasteiger partial charge in [-0.25, -0.2) is 4.39 Å². The fraction of sp³-hybridized carbons (Fsp3) is 0.318. The van der Waals surface area contributed by atoms with E-state index in [0.29, 0.717) is 11.3 Å². The van der Waals surface area contributed by atoms with Crippen molar-refractivity contribution >= 4 is 11.6 Å². The Balaban J connectivity index is 1.59. The van der Waals surface area contributed by atoms with Gasteiger partial charge in [0.25, 0.3) is 5.89 Å². The van der Waals surface area contributed by atoms with Crippen LogP contribution in [-0.4, -0.2) is 29.2 Å². The van der Waals surface area contributed by atoms with Gasteiger partial charge in [-0.3, -0.25) is 4.79 Å². The molecule has 0 atom stereocenters. The second kappa shape index (κ2) is 9.30. The maximum absolute atomic E-state index is 14.9. The summed E-state index contributed by atoms with van der Waals surface area (Å²) in [5, 5.41) is 10.0. The molecular formula is C22H21F3N4O2. The van der Waals surface area contributed by atoms with Gasteiger partial charge in [0.1, 0.15) is 5.82 Å². The molecule has 0 aliphatic carbocycles. The van der Waals surface area contributed by atoms with E-state index in [1.165, 1.54) is 12.1 Å². The third kappa shape index (κ3) is 4.77. The second-order valence-corrected chi connectivity index (χ2v) is 7.34. The van der Waals surface area contributed by atoms with E-state index in [1.54, 1.807) is 4.90 Å². The molecule has 1 saturated heterocycles. The van der Waals surface area contributed by atoms with Gasteiger partial charge < -0.3 is 14.6 Å². The molecule has 0 unspecified atom stereocenters. The van der Waals surface area contributed by atoms with E-state index in [2.05, 4.69) is 15.5 Å². The molecule has 3 aromatic rings. The molecule has 0 radical (unpaired) electrons. The van der Waals surface area contributed by atoms with Crippen molar-refractivity contribution in [3.05, 3.63) is 65.8 Å². The number of anilines is 1. The standard InChI is InChI=1S/C22H21F3N4O2/c23-18-12-15(20-27-28-21(31-20)19(24)25)6-7-16(18)13-29(17-4-2-1-3-5-17)22(30)14-8-10-26-11-9-14/h1-7,12,14,19,26H,8-11,13H2. The minimum Gasteiger partial charge on any atom is -0.415 e. The summed E-state index contributed by atoms with van der Waals surface area (Å²) in [5.41, 5.74) is 1.17. The highest BCUT2D eigenvalue weighted by molar-refractivity contribution is 5.95. The first-order valence-electron chi connectivity index (χ1n) is 10.0. The Morgan fingerprint density at radius 2 is 1.87 bits per heavy atom. The molecule has 2 heterocycles. The number of rotatable bonds is 6. The molecule has 162 valence electrons. The average molecular weight is 430 g/mol. The topological polar surface area (TPSA) is 71.3 Å². The van der Waals surface area contributed by atoms with Gasteiger partial charge in [-0.15, -0.1) is 10.2 Å². The number of carbonyl (C=O) groups is 1. The number of nitrogens with zero attached hydrogens (tertiary/aromatic N) is 3. The lowest BCUT2D eigenvalue weighted by atomic mass is 9.96. The monoisotopic (exact) mass is 430 g/mol. The molecule has 0 spiro atoms. The number of piperidine rings is 1. The molecule has 1 N–H and O–H groups in total. The van der Waals surface area contributed by atoms with Gasteiger partial charge >= 0.3 is 6.43 Å². The minimum absolute atomic E-state index is 0.0466. The smallest absolute Gasteiger partial charge is 0.314 e. The van der Waals surface area contributed by atoms with Gasteiger partial charge in [0.05, 0.1) is 6.54 Å². The molecule has 4 rings (SSSR count). The maximum Gasteiger partial charge on any atom is 0.314 e. The van der Waals surface area contributed by atoms with E-state index in [9.17, 15) is 18.0 Å². The van der Waals surface area contributed by atoms with Crippen molar-refractivity contribution in [1.29, 1.82) is 0 Å². The first kappa shape index (κ1) is 21.0. The van der Waals surface area contributed by atoms with E-state index < -0.39 is 18.1 Å². The van der Waals surface area contributed by atoms with Crippen LogP contribution in [0.3, 0.4) is 0 Å². The summed E-state index contributed by atoms with van der Waals surface area (Å²) in [5.74, 6) is -1.77. The SMILES string of the molecule is O=C(C1CCNCC1)N(Cc1ccc(-c2nnc(C(F)F)o2)cc1F)c1ccccc1. The highest BCUT2D eigenvalue weighted by atomic mass is 19.3. The Kier molecular flexibility index (Phi) is 6.31. The Hall–Kier alpha value is -3.20. The number of aromatic nitrogens is 2. The Labute approximate surface area is 177 Å². The van der Waals surface area contributed by atoms with E-state index >= 15 is 0 Å². The van der Waals surface area contributed by atoms with Crippen molar-refractivity contribution in [2.45, 2.75) is 25.8 Å². The lowest BCUT2D eigenvalue weighted by Crippen LogP contribution is -2.41. The normalized spacial score (nSPS) is 14.7. The van der Waals surface area contributed by atoms with Crippen molar-refractivity contribution in [3.63, 3.8) is 0 Å². The van der Waals surface area contributed by atoms with Crippen molar-refractivity contribution in [2.24, 2.45) is 5.92 Å². The zero-order valence-corrected chi connectivity index (χ0v) is 16.6. The minimum atomic E-state index is -2.90. The highest BCUT2D eigenvalue weighted by Crippen LogP contribution is 2.27. The number of alkyl halides is 2. The van der Waals surface area contributed by atoms with E-state index in [0.717, 1.165) is 32.0 Å². The summed E-state index contributed by atoms with van der Waals surface area (Å²) in [7, 11) is 0. The predicted octanol–water partition coefficient (Wildman–Crippen LogP) is 4.35. The number of hydrogen-bond donors (Lipinski definition) is 1. The highest BCUT2D eigenvalue weighted by Gasteiger charge is 2.28. The fourth-order valence-corrected chi connectivity index (χ4v) is 3.61. The quantitative estimate of drug-likeness (QED) is 0.630. The molecule has 0 saturated carbocycles. The number of carbonyl (C=O) groups excluding carboxylic acids is 1. The predicted molar refractivity (Wildman–Crippen MR) is 108 cm³/mol. The number of halogens is 3. The first-order chi connectivity index (χ1) is 15.0. The molecule has 1 aromatic heterocycles. The summed E-state index contributed by atoms with van der Waals surface area (Å²) in [6.45, 7) is 1.59. The lowest BCUT2D eigenvalue weighted by Gasteiger charge is -2.30. The second-order valence-electron chi connectivity index (χ2n) is 7.34. The molecule has 2 aromatic carbocycles. The Bertz CT molecular complexity index is 1040. The maximum atomic E-state index is 14.9. The molecular weight excluding hydrogens is 409 g/mol. The number of para-hydroxylation sites is 1. The van der Waals surface area contributed by atoms with Crippen molar-refractivity contribution in [2.75, 3.05) is 18.0 Å². The van der Waals surface area contributed by atoms with Crippen LogP contribution in [0.2, 0.25) is 0 Å². The van der Waals surface area contributed by atoms with Crippen LogP contribution in [0.1, 0.15) is 30.7 Å². The Morgan fingerprint density at radius 1 is 1.13 bits per heavy atom. The molecule has 0 bridgehead atoms. The fourth-order valence-electron chi connectivity index (χ4n) is 3.61. The van der Waals surface area contributed by atoms with Crippen LogP contribution in [0.15, 0.2) is 52.9 Å². The van der Waals surface area contributed by atoms with Crippen molar-refractivity contribution in [1.82, 2.24) is 15.5 Å². The summed E-state index contributed by atoms with van der Waals surface area (Å²) in [4.78, 5) is 14.8. The van der Waals surface area contributed by atoms with Gasteiger partial charge in [-0.2, -0.15) is 8.78 Å². The summed E-state index contributed by atoms with van der Waals surface area (Å²) < 4.78 is 45.1. The number of amides is 1. The number of benzene rings is 2. The van der Waals surface area contributed by atoms with Crippen molar-refractivity contribution < 1.29 is 22.4 Å². The summed E-state index contributed by atoms with van der Waals surface area (Å²) >= 11 is 0. The van der Waals surface area contributed by atoms with E-state index in [4.69, 9.17) is 4.42 Å². The van der Waals surface area contributed by atoms with Crippen LogP contribution >= 0.6 is 0 Å². The molecule has 31 heavy (non-hydrogen) atoms. The zero-order chi connectivity index (χ0) is 21.8. The molecule has 1 fully saturated rings. The average Bonchev–Trinajstić information content (AvgIpc) is 3.30.